The smallest absolute Gasteiger partial charge is 0.335 e. The zero-order valence-corrected chi connectivity index (χ0v) is 15.5. The maximum atomic E-state index is 12.0. The van der Waals surface area contributed by atoms with E-state index >= 15 is 0 Å². The largest absolute Gasteiger partial charge is 0.478 e. The van der Waals surface area contributed by atoms with E-state index in [0.29, 0.717) is 19.4 Å². The lowest BCUT2D eigenvalue weighted by Gasteiger charge is -2.08. The first-order valence-electron chi connectivity index (χ1n) is 9.63. The minimum atomic E-state index is -0.941. The fourth-order valence-corrected chi connectivity index (χ4v) is 3.36. The summed E-state index contributed by atoms with van der Waals surface area (Å²) in [6.45, 7) is 1.63. The van der Waals surface area contributed by atoms with E-state index in [9.17, 15) is 9.59 Å². The van der Waals surface area contributed by atoms with E-state index in [-0.39, 0.29) is 11.5 Å². The first-order chi connectivity index (χ1) is 13.1. The van der Waals surface area contributed by atoms with Crippen molar-refractivity contribution in [2.45, 2.75) is 57.9 Å². The van der Waals surface area contributed by atoms with E-state index in [1.165, 1.54) is 19.3 Å². The second kappa shape index (κ2) is 9.30. The highest BCUT2D eigenvalue weighted by Gasteiger charge is 2.14. The third kappa shape index (κ3) is 5.39. The molecule has 0 bridgehead atoms. The summed E-state index contributed by atoms with van der Waals surface area (Å²) < 4.78 is 2.25. The SMILES string of the molecule is O=C(CCc1ccc(C(=O)O)cc1)NCCCc1nnc2n1CCCCC2. The van der Waals surface area contributed by atoms with Gasteiger partial charge in [-0.1, -0.05) is 18.6 Å². The van der Waals surface area contributed by atoms with Crippen LogP contribution in [0.25, 0.3) is 0 Å². The number of hydrogen-bond acceptors (Lipinski definition) is 4. The molecule has 27 heavy (non-hydrogen) atoms. The summed E-state index contributed by atoms with van der Waals surface area (Å²) in [4.78, 5) is 22.8. The molecule has 1 aromatic carbocycles. The average molecular weight is 370 g/mol. The van der Waals surface area contributed by atoms with Gasteiger partial charge in [0.25, 0.3) is 0 Å². The van der Waals surface area contributed by atoms with Crippen LogP contribution in [-0.2, 0) is 30.6 Å². The Labute approximate surface area is 158 Å². The van der Waals surface area contributed by atoms with Gasteiger partial charge in [-0.3, -0.25) is 4.79 Å². The molecule has 2 aromatic rings. The van der Waals surface area contributed by atoms with Crippen LogP contribution in [0.3, 0.4) is 0 Å². The fraction of sp³-hybridized carbons (Fsp3) is 0.500. The normalized spacial score (nSPS) is 13.6. The number of aryl methyl sites for hydroxylation is 3. The molecule has 0 atom stereocenters. The van der Waals surface area contributed by atoms with Gasteiger partial charge < -0.3 is 15.0 Å². The van der Waals surface area contributed by atoms with Crippen molar-refractivity contribution in [3.8, 4) is 0 Å². The average Bonchev–Trinajstić information content (AvgIpc) is 2.90. The van der Waals surface area contributed by atoms with Crippen molar-refractivity contribution >= 4 is 11.9 Å². The van der Waals surface area contributed by atoms with Gasteiger partial charge in [-0.25, -0.2) is 4.79 Å². The van der Waals surface area contributed by atoms with Crippen molar-refractivity contribution in [2.24, 2.45) is 0 Å². The molecule has 1 aliphatic heterocycles. The summed E-state index contributed by atoms with van der Waals surface area (Å²) in [5.41, 5.74) is 1.22. The summed E-state index contributed by atoms with van der Waals surface area (Å²) in [5.74, 6) is 1.20. The highest BCUT2D eigenvalue weighted by molar-refractivity contribution is 5.87. The van der Waals surface area contributed by atoms with Crippen LogP contribution in [0.15, 0.2) is 24.3 Å². The number of carbonyl (C=O) groups excluding carboxylic acids is 1. The Morgan fingerprint density at radius 1 is 1.07 bits per heavy atom. The molecule has 1 aliphatic rings. The zero-order chi connectivity index (χ0) is 19.1. The maximum Gasteiger partial charge on any atom is 0.335 e. The minimum absolute atomic E-state index is 0.0115. The van der Waals surface area contributed by atoms with Gasteiger partial charge in [0, 0.05) is 32.4 Å². The summed E-state index contributed by atoms with van der Waals surface area (Å²) in [6, 6.07) is 6.65. The summed E-state index contributed by atoms with van der Waals surface area (Å²) in [5, 5.41) is 20.4. The number of hydrogen-bond donors (Lipinski definition) is 2. The fourth-order valence-electron chi connectivity index (χ4n) is 3.36. The minimum Gasteiger partial charge on any atom is -0.478 e. The lowest BCUT2D eigenvalue weighted by molar-refractivity contribution is -0.121. The molecule has 7 nitrogen and oxygen atoms in total. The number of benzene rings is 1. The lowest BCUT2D eigenvalue weighted by atomic mass is 10.1. The van der Waals surface area contributed by atoms with Crippen LogP contribution >= 0.6 is 0 Å². The lowest BCUT2D eigenvalue weighted by Crippen LogP contribution is -2.25. The number of carboxylic acids is 1. The molecule has 2 heterocycles. The first kappa shape index (κ1) is 19.1. The van der Waals surface area contributed by atoms with E-state index in [0.717, 1.165) is 43.0 Å². The van der Waals surface area contributed by atoms with Crippen LogP contribution in [0.2, 0.25) is 0 Å². The molecule has 3 rings (SSSR count). The topological polar surface area (TPSA) is 97.1 Å². The molecule has 0 radical (unpaired) electrons. The van der Waals surface area contributed by atoms with Crippen molar-refractivity contribution in [2.75, 3.05) is 6.54 Å². The Kier molecular flexibility index (Phi) is 6.57. The van der Waals surface area contributed by atoms with E-state index in [1.807, 2.05) is 0 Å². The van der Waals surface area contributed by atoms with Gasteiger partial charge in [0.2, 0.25) is 5.91 Å². The standard InChI is InChI=1S/C20H26N4O3/c25-19(12-9-15-7-10-16(11-8-15)20(26)27)21-13-4-6-18-23-22-17-5-2-1-3-14-24(17)18/h7-8,10-11H,1-6,9,12-14H2,(H,21,25)(H,26,27). The Morgan fingerprint density at radius 3 is 2.67 bits per heavy atom. The maximum absolute atomic E-state index is 12.0. The van der Waals surface area contributed by atoms with Crippen molar-refractivity contribution in [3.63, 3.8) is 0 Å². The molecule has 0 spiro atoms. The molecule has 0 saturated heterocycles. The van der Waals surface area contributed by atoms with E-state index in [2.05, 4.69) is 20.1 Å². The Morgan fingerprint density at radius 2 is 1.89 bits per heavy atom. The number of carbonyl (C=O) groups is 2. The Hall–Kier alpha value is -2.70. The highest BCUT2D eigenvalue weighted by Crippen LogP contribution is 2.15. The molecule has 0 aliphatic carbocycles. The number of aromatic carboxylic acids is 1. The predicted molar refractivity (Wildman–Crippen MR) is 101 cm³/mol. The molecule has 1 amide bonds. The Balaban J connectivity index is 1.36. The number of amides is 1. The van der Waals surface area contributed by atoms with E-state index < -0.39 is 5.97 Å². The van der Waals surface area contributed by atoms with Crippen LogP contribution in [0.5, 0.6) is 0 Å². The third-order valence-electron chi connectivity index (χ3n) is 4.93. The second-order valence-corrected chi connectivity index (χ2v) is 6.95. The number of carboxylic acid groups (broad SMARTS) is 1. The summed E-state index contributed by atoms with van der Waals surface area (Å²) in [6.07, 6.45) is 7.29. The Bertz CT molecular complexity index is 783. The number of nitrogens with one attached hydrogen (secondary N) is 1. The van der Waals surface area contributed by atoms with Crippen LogP contribution in [0.1, 0.15) is 59.7 Å². The molecule has 0 saturated carbocycles. The number of nitrogens with zero attached hydrogens (tertiary/aromatic N) is 3. The van der Waals surface area contributed by atoms with Gasteiger partial charge >= 0.3 is 5.97 Å². The molecule has 1 aromatic heterocycles. The van der Waals surface area contributed by atoms with Crippen LogP contribution < -0.4 is 5.32 Å². The quantitative estimate of drug-likeness (QED) is 0.696. The first-order valence-corrected chi connectivity index (χ1v) is 9.63. The molecule has 144 valence electrons. The van der Waals surface area contributed by atoms with Crippen LogP contribution in [0.4, 0.5) is 0 Å². The van der Waals surface area contributed by atoms with Crippen LogP contribution in [-0.4, -0.2) is 38.3 Å². The molecule has 2 N–H and O–H groups in total. The number of aromatic nitrogens is 3. The number of fused-ring (bicyclic) bond motifs is 1. The monoisotopic (exact) mass is 370 g/mol. The van der Waals surface area contributed by atoms with Gasteiger partial charge in [0.05, 0.1) is 5.56 Å². The van der Waals surface area contributed by atoms with Gasteiger partial charge in [0.15, 0.2) is 0 Å². The number of rotatable bonds is 8. The molecule has 0 fully saturated rings. The van der Waals surface area contributed by atoms with Gasteiger partial charge in [-0.05, 0) is 43.4 Å². The predicted octanol–water partition coefficient (Wildman–Crippen LogP) is 2.38. The van der Waals surface area contributed by atoms with Gasteiger partial charge in [-0.15, -0.1) is 10.2 Å². The van der Waals surface area contributed by atoms with Gasteiger partial charge in [0.1, 0.15) is 11.6 Å². The molecule has 7 heteroatoms. The summed E-state index contributed by atoms with van der Waals surface area (Å²) in [7, 11) is 0. The third-order valence-corrected chi connectivity index (χ3v) is 4.93. The van der Waals surface area contributed by atoms with E-state index in [4.69, 9.17) is 5.11 Å². The molecule has 0 unspecified atom stereocenters. The van der Waals surface area contributed by atoms with Crippen molar-refractivity contribution in [1.82, 2.24) is 20.1 Å². The highest BCUT2D eigenvalue weighted by atomic mass is 16.4. The van der Waals surface area contributed by atoms with Crippen molar-refractivity contribution in [3.05, 3.63) is 47.0 Å². The van der Waals surface area contributed by atoms with Crippen molar-refractivity contribution < 1.29 is 14.7 Å². The molecular formula is C20H26N4O3. The zero-order valence-electron chi connectivity index (χ0n) is 15.5. The molecular weight excluding hydrogens is 344 g/mol. The summed E-state index contributed by atoms with van der Waals surface area (Å²) >= 11 is 0. The van der Waals surface area contributed by atoms with E-state index in [1.54, 1.807) is 24.3 Å². The van der Waals surface area contributed by atoms with Gasteiger partial charge in [-0.2, -0.15) is 0 Å². The van der Waals surface area contributed by atoms with Crippen molar-refractivity contribution in [1.29, 1.82) is 0 Å². The second-order valence-electron chi connectivity index (χ2n) is 6.95. The van der Waals surface area contributed by atoms with Crippen LogP contribution in [0, 0.1) is 0 Å².